The first kappa shape index (κ1) is 19.4. The Morgan fingerprint density at radius 1 is 1.38 bits per heavy atom. The summed E-state index contributed by atoms with van der Waals surface area (Å²) in [5.74, 6) is -2.79. The van der Waals surface area contributed by atoms with Crippen LogP contribution in [0.2, 0.25) is 0 Å². The number of hydrogen-bond donors (Lipinski definition) is 4. The topological polar surface area (TPSA) is 150 Å². The van der Waals surface area contributed by atoms with Gasteiger partial charge in [-0.3, -0.25) is 9.59 Å². The number of nitrogens with two attached hydrogens (primary N) is 1. The van der Waals surface area contributed by atoms with E-state index in [9.17, 15) is 18.9 Å². The smallest absolute Gasteiger partial charge is 0.452 e. The van der Waals surface area contributed by atoms with Crippen LogP contribution in [-0.4, -0.2) is 56.9 Å². The van der Waals surface area contributed by atoms with Gasteiger partial charge in [-0.1, -0.05) is 0 Å². The van der Waals surface area contributed by atoms with Crippen molar-refractivity contribution in [3.05, 3.63) is 0 Å². The highest BCUT2D eigenvalue weighted by Crippen LogP contribution is 2.23. The van der Waals surface area contributed by atoms with Gasteiger partial charge in [0.15, 0.2) is 5.54 Å². The zero-order chi connectivity index (χ0) is 16.8. The third kappa shape index (κ3) is 5.04. The lowest BCUT2D eigenvalue weighted by molar-refractivity contribution is -0.152. The zero-order valence-electron chi connectivity index (χ0n) is 12.1. The lowest BCUT2D eigenvalue weighted by atomic mass is 10.1. The molecule has 0 bridgehead atoms. The number of carbonyl (C=O) groups excluding carboxylic acids is 2. The van der Waals surface area contributed by atoms with Gasteiger partial charge in [0.25, 0.3) is 5.91 Å². The molecule has 9 nitrogen and oxygen atoms in total. The molecule has 0 aliphatic rings. The second-order valence-electron chi connectivity index (χ2n) is 4.98. The Hall–Kier alpha value is -1.57. The summed E-state index contributed by atoms with van der Waals surface area (Å²) in [6, 6.07) is -2.08. The Morgan fingerprint density at radius 3 is 2.29 bits per heavy atom. The molecule has 10 heteroatoms. The Kier molecular flexibility index (Phi) is 7.42. The first-order chi connectivity index (χ1) is 9.59. The number of aliphatic carboxylic acids is 1. The highest BCUT2D eigenvalue weighted by Gasteiger charge is 2.45. The number of carboxylic acid groups (broad SMARTS) is 1. The predicted octanol–water partition coefficient (Wildman–Crippen LogP) is -1.17. The van der Waals surface area contributed by atoms with Gasteiger partial charge in [-0.25, -0.2) is 4.79 Å². The number of carbonyl (C=O) groups is 3. The molecule has 5 N–H and O–H groups in total. The molecule has 0 aromatic heterocycles. The van der Waals surface area contributed by atoms with Crippen LogP contribution >= 0.6 is 8.61 Å². The summed E-state index contributed by atoms with van der Waals surface area (Å²) >= 11 is 0. The summed E-state index contributed by atoms with van der Waals surface area (Å²) in [5.41, 5.74) is 3.79. The van der Waals surface area contributed by atoms with Crippen molar-refractivity contribution in [3.8, 4) is 0 Å². The van der Waals surface area contributed by atoms with E-state index in [2.05, 4.69) is 5.32 Å². The molecule has 0 aromatic carbocycles. The third-order valence-electron chi connectivity index (χ3n) is 2.90. The van der Waals surface area contributed by atoms with Crippen LogP contribution in [0.3, 0.4) is 0 Å². The standard InChI is InChI=1S/C11H20N3O6P/c1-6(13-8(16)7(12)4-5-15)9(17)14(21-20)11(2,3)10(18)19/h6-7,15H,4-5,12H2,1-3H3,(H,13,16)(H,18,19)/p+1/t6-,7-/m0/s1. The number of amides is 2. The van der Waals surface area contributed by atoms with Gasteiger partial charge >= 0.3 is 14.6 Å². The van der Waals surface area contributed by atoms with E-state index in [4.69, 9.17) is 15.9 Å². The third-order valence-corrected chi connectivity index (χ3v) is 3.86. The maximum Gasteiger partial charge on any atom is 0.452 e. The van der Waals surface area contributed by atoms with Crippen LogP contribution in [0.5, 0.6) is 0 Å². The average Bonchev–Trinajstić information content (AvgIpc) is 2.38. The summed E-state index contributed by atoms with van der Waals surface area (Å²) < 4.78 is 11.8. The fourth-order valence-electron chi connectivity index (χ4n) is 1.38. The largest absolute Gasteiger partial charge is 0.479 e. The number of rotatable bonds is 8. The molecule has 0 aromatic rings. The summed E-state index contributed by atoms with van der Waals surface area (Å²) in [7, 11) is -1.31. The molecule has 0 fully saturated rings. The first-order valence-corrected chi connectivity index (χ1v) is 7.07. The number of carboxylic acids is 1. The van der Waals surface area contributed by atoms with Crippen molar-refractivity contribution in [2.45, 2.75) is 44.8 Å². The van der Waals surface area contributed by atoms with Gasteiger partial charge < -0.3 is 21.3 Å². The first-order valence-electron chi connectivity index (χ1n) is 6.21. The minimum atomic E-state index is -1.68. The predicted molar refractivity (Wildman–Crippen MR) is 74.8 cm³/mol. The molecule has 21 heavy (non-hydrogen) atoms. The molecule has 0 aliphatic carbocycles. The van der Waals surface area contributed by atoms with Crippen LogP contribution in [-0.2, 0) is 18.9 Å². The van der Waals surface area contributed by atoms with E-state index in [-0.39, 0.29) is 13.0 Å². The lowest BCUT2D eigenvalue weighted by Crippen LogP contribution is -2.55. The highest BCUT2D eigenvalue weighted by atomic mass is 31.1. The molecule has 0 rings (SSSR count). The van der Waals surface area contributed by atoms with E-state index in [1.54, 1.807) is 0 Å². The van der Waals surface area contributed by atoms with Gasteiger partial charge in [0, 0.05) is 6.61 Å². The molecule has 2 amide bonds. The van der Waals surface area contributed by atoms with Gasteiger partial charge in [-0.05, 0) is 31.8 Å². The monoisotopic (exact) mass is 322 g/mol. The van der Waals surface area contributed by atoms with E-state index < -0.39 is 44.0 Å². The Bertz CT molecular complexity index is 428. The SMILES string of the molecule is C[C@H](NC(=O)[C@@H](N)CCO)C(=O)N([PH+]=O)C(C)(C)C(=O)O. The summed E-state index contributed by atoms with van der Waals surface area (Å²) in [5, 5.41) is 20.0. The fraction of sp³-hybridized carbons (Fsp3) is 0.727. The minimum absolute atomic E-state index is 0.0282. The van der Waals surface area contributed by atoms with Crippen molar-refractivity contribution in [2.75, 3.05) is 6.61 Å². The Morgan fingerprint density at radius 2 is 1.90 bits per heavy atom. The van der Waals surface area contributed by atoms with Crippen LogP contribution in [0.1, 0.15) is 27.2 Å². The maximum absolute atomic E-state index is 12.1. The van der Waals surface area contributed by atoms with Gasteiger partial charge in [0.1, 0.15) is 6.04 Å². The van der Waals surface area contributed by atoms with Crippen LogP contribution in [0.4, 0.5) is 0 Å². The quantitative estimate of drug-likeness (QED) is 0.411. The molecule has 120 valence electrons. The molecular formula is C11H21N3O6P+. The molecule has 0 spiro atoms. The van der Waals surface area contributed by atoms with E-state index in [0.717, 1.165) is 0 Å². The van der Waals surface area contributed by atoms with Crippen LogP contribution in [0.15, 0.2) is 0 Å². The Labute approximate surface area is 123 Å². The number of hydrogen-bond acceptors (Lipinski definition) is 6. The second-order valence-corrected chi connectivity index (χ2v) is 5.61. The number of aliphatic hydroxyl groups is 1. The van der Waals surface area contributed by atoms with E-state index in [1.807, 2.05) is 0 Å². The molecule has 0 radical (unpaired) electrons. The van der Waals surface area contributed by atoms with E-state index in [0.29, 0.717) is 4.67 Å². The van der Waals surface area contributed by atoms with Crippen molar-refractivity contribution in [1.29, 1.82) is 0 Å². The average molecular weight is 322 g/mol. The van der Waals surface area contributed by atoms with Gasteiger partial charge in [0.2, 0.25) is 5.91 Å². The van der Waals surface area contributed by atoms with Gasteiger partial charge in [0.05, 0.1) is 6.04 Å². The van der Waals surface area contributed by atoms with Crippen molar-refractivity contribution in [2.24, 2.45) is 5.73 Å². The second kappa shape index (κ2) is 8.02. The van der Waals surface area contributed by atoms with Crippen molar-refractivity contribution in [3.63, 3.8) is 0 Å². The lowest BCUT2D eigenvalue weighted by Gasteiger charge is -2.26. The van der Waals surface area contributed by atoms with Gasteiger partial charge in [-0.2, -0.15) is 0 Å². The van der Waals surface area contributed by atoms with Crippen LogP contribution in [0.25, 0.3) is 0 Å². The summed E-state index contributed by atoms with van der Waals surface area (Å²) in [6.45, 7) is 3.50. The molecule has 3 atom stereocenters. The molecule has 0 aliphatic heterocycles. The van der Waals surface area contributed by atoms with E-state index in [1.165, 1.54) is 20.8 Å². The van der Waals surface area contributed by atoms with E-state index >= 15 is 0 Å². The van der Waals surface area contributed by atoms with Crippen molar-refractivity contribution >= 4 is 26.4 Å². The number of nitrogens with one attached hydrogen (secondary N) is 1. The molecular weight excluding hydrogens is 301 g/mol. The Balaban J connectivity index is 4.94. The maximum atomic E-state index is 12.1. The molecule has 1 unspecified atom stereocenters. The zero-order valence-corrected chi connectivity index (χ0v) is 13.1. The molecule has 0 saturated carbocycles. The molecule has 0 saturated heterocycles. The number of aliphatic hydroxyl groups excluding tert-OH is 1. The summed E-state index contributed by atoms with van der Waals surface area (Å²) in [6.07, 6.45) is 0.0282. The minimum Gasteiger partial charge on any atom is -0.479 e. The normalized spacial score (nSPS) is 14.3. The van der Waals surface area contributed by atoms with Crippen molar-refractivity contribution < 1.29 is 29.2 Å². The fourth-order valence-corrected chi connectivity index (χ4v) is 1.98. The van der Waals surface area contributed by atoms with Crippen molar-refractivity contribution in [1.82, 2.24) is 9.99 Å². The number of nitrogens with zero attached hydrogens (tertiary/aromatic N) is 1. The highest BCUT2D eigenvalue weighted by molar-refractivity contribution is 7.22. The van der Waals surface area contributed by atoms with Gasteiger partial charge in [-0.15, -0.1) is 4.67 Å². The van der Waals surface area contributed by atoms with Crippen LogP contribution < -0.4 is 11.1 Å². The molecule has 0 heterocycles. The summed E-state index contributed by atoms with van der Waals surface area (Å²) in [4.78, 5) is 34.8. The van der Waals surface area contributed by atoms with Crippen LogP contribution in [0, 0.1) is 0 Å².